The van der Waals surface area contributed by atoms with E-state index in [-0.39, 0.29) is 13.2 Å². The normalized spacial score (nSPS) is 12.0. The fraction of sp³-hybridized carbons (Fsp3) is 0.467. The fourth-order valence-corrected chi connectivity index (χ4v) is 3.44. The lowest BCUT2D eigenvalue weighted by atomic mass is 10.2. The van der Waals surface area contributed by atoms with E-state index in [4.69, 9.17) is 13.6 Å². The van der Waals surface area contributed by atoms with Crippen LogP contribution in [0.3, 0.4) is 0 Å². The van der Waals surface area contributed by atoms with Crippen LogP contribution in [-0.2, 0) is 20.0 Å². The van der Waals surface area contributed by atoms with Crippen LogP contribution in [0.15, 0.2) is 30.5 Å². The standard InChI is InChI=1S/C15H22NO4P/c1-4-9-13-12-15(14-10-7-8-11-16(13)14)20-21(17,18-5-2)19-6-3/h7-8,10-12H,4-6,9H2,1-3H3. The Balaban J connectivity index is 2.39. The summed E-state index contributed by atoms with van der Waals surface area (Å²) in [6, 6.07) is 7.71. The second kappa shape index (κ2) is 7.12. The predicted octanol–water partition coefficient (Wildman–Crippen LogP) is 4.45. The molecule has 0 amide bonds. The van der Waals surface area contributed by atoms with Crippen LogP contribution in [0.5, 0.6) is 5.75 Å². The van der Waals surface area contributed by atoms with Crippen molar-refractivity contribution in [3.63, 3.8) is 0 Å². The molecule has 2 aromatic heterocycles. The molecule has 0 aliphatic rings. The molecule has 0 bridgehead atoms. The number of aryl methyl sites for hydroxylation is 1. The topological polar surface area (TPSA) is 49.2 Å². The highest BCUT2D eigenvalue weighted by Gasteiger charge is 2.29. The van der Waals surface area contributed by atoms with E-state index in [1.165, 1.54) is 0 Å². The van der Waals surface area contributed by atoms with E-state index in [2.05, 4.69) is 6.92 Å². The van der Waals surface area contributed by atoms with Gasteiger partial charge in [-0.3, -0.25) is 9.05 Å². The fourth-order valence-electron chi connectivity index (χ4n) is 2.24. The third kappa shape index (κ3) is 3.67. The van der Waals surface area contributed by atoms with Gasteiger partial charge in [0.1, 0.15) is 0 Å². The van der Waals surface area contributed by atoms with Gasteiger partial charge in [0.2, 0.25) is 0 Å². The van der Waals surface area contributed by atoms with Crippen LogP contribution in [0.25, 0.3) is 5.52 Å². The SMILES string of the molecule is CCCc1cc(OP(=O)(OCC)OCC)c2ccccn12. The Hall–Kier alpha value is -1.29. The Bertz CT molecular complexity index is 628. The van der Waals surface area contributed by atoms with Gasteiger partial charge in [0.25, 0.3) is 0 Å². The number of nitrogens with zero attached hydrogens (tertiary/aromatic N) is 1. The highest BCUT2D eigenvalue weighted by Crippen LogP contribution is 2.50. The monoisotopic (exact) mass is 311 g/mol. The van der Waals surface area contributed by atoms with E-state index in [9.17, 15) is 4.57 Å². The van der Waals surface area contributed by atoms with Gasteiger partial charge in [0.05, 0.1) is 18.7 Å². The molecule has 0 unspecified atom stereocenters. The van der Waals surface area contributed by atoms with Crippen LogP contribution in [0.4, 0.5) is 0 Å². The lowest BCUT2D eigenvalue weighted by Crippen LogP contribution is -2.02. The van der Waals surface area contributed by atoms with E-state index in [0.29, 0.717) is 5.75 Å². The van der Waals surface area contributed by atoms with Gasteiger partial charge in [-0.05, 0) is 32.4 Å². The number of fused-ring (bicyclic) bond motifs is 1. The van der Waals surface area contributed by atoms with Crippen LogP contribution in [-0.4, -0.2) is 17.6 Å². The number of pyridine rings is 1. The lowest BCUT2D eigenvalue weighted by molar-refractivity contribution is 0.168. The zero-order chi connectivity index (χ0) is 15.3. The van der Waals surface area contributed by atoms with Gasteiger partial charge in [-0.25, -0.2) is 4.57 Å². The summed E-state index contributed by atoms with van der Waals surface area (Å²) in [7, 11) is -3.56. The van der Waals surface area contributed by atoms with Crippen LogP contribution < -0.4 is 4.52 Å². The number of phosphoric ester groups is 1. The molecule has 0 saturated carbocycles. The second-order valence-electron chi connectivity index (χ2n) is 4.58. The van der Waals surface area contributed by atoms with Crippen molar-refractivity contribution in [2.45, 2.75) is 33.6 Å². The summed E-state index contributed by atoms with van der Waals surface area (Å²) in [6.07, 6.45) is 3.91. The molecule has 116 valence electrons. The molecule has 6 heteroatoms. The molecule has 21 heavy (non-hydrogen) atoms. The molecule has 0 saturated heterocycles. The van der Waals surface area contributed by atoms with E-state index in [1.54, 1.807) is 13.8 Å². The summed E-state index contributed by atoms with van der Waals surface area (Å²) >= 11 is 0. The molecule has 2 heterocycles. The lowest BCUT2D eigenvalue weighted by Gasteiger charge is -2.16. The minimum Gasteiger partial charge on any atom is -0.402 e. The number of aromatic nitrogens is 1. The van der Waals surface area contributed by atoms with Crippen molar-refractivity contribution in [1.82, 2.24) is 4.40 Å². The zero-order valence-electron chi connectivity index (χ0n) is 12.7. The minimum atomic E-state index is -3.56. The largest absolute Gasteiger partial charge is 0.530 e. The maximum absolute atomic E-state index is 12.5. The molecule has 0 atom stereocenters. The number of rotatable bonds is 8. The molecular weight excluding hydrogens is 289 g/mol. The van der Waals surface area contributed by atoms with Gasteiger partial charge < -0.3 is 8.92 Å². The van der Waals surface area contributed by atoms with Crippen LogP contribution in [0, 0.1) is 0 Å². The Morgan fingerprint density at radius 1 is 1.14 bits per heavy atom. The van der Waals surface area contributed by atoms with Crippen molar-refractivity contribution in [2.75, 3.05) is 13.2 Å². The van der Waals surface area contributed by atoms with Crippen molar-refractivity contribution >= 4 is 13.3 Å². The highest BCUT2D eigenvalue weighted by molar-refractivity contribution is 7.48. The molecule has 0 spiro atoms. The van der Waals surface area contributed by atoms with Gasteiger partial charge in [-0.15, -0.1) is 0 Å². The summed E-state index contributed by atoms with van der Waals surface area (Å²) in [5.41, 5.74) is 1.98. The third-order valence-electron chi connectivity index (χ3n) is 3.01. The van der Waals surface area contributed by atoms with Gasteiger partial charge in [0, 0.05) is 18.0 Å². The minimum absolute atomic E-state index is 0.269. The first kappa shape index (κ1) is 16.1. The average Bonchev–Trinajstić information content (AvgIpc) is 2.78. The van der Waals surface area contributed by atoms with Crippen molar-refractivity contribution in [1.29, 1.82) is 0 Å². The second-order valence-corrected chi connectivity index (χ2v) is 6.17. The third-order valence-corrected chi connectivity index (χ3v) is 4.58. The average molecular weight is 311 g/mol. The summed E-state index contributed by atoms with van der Waals surface area (Å²) in [6.45, 7) is 6.18. The van der Waals surface area contributed by atoms with Crippen molar-refractivity contribution in [2.24, 2.45) is 0 Å². The molecule has 2 rings (SSSR count). The molecule has 5 nitrogen and oxygen atoms in total. The molecule has 0 radical (unpaired) electrons. The number of hydrogen-bond acceptors (Lipinski definition) is 4. The quantitative estimate of drug-likeness (QED) is 0.676. The van der Waals surface area contributed by atoms with E-state index in [0.717, 1.165) is 24.1 Å². The van der Waals surface area contributed by atoms with Crippen molar-refractivity contribution in [3.8, 4) is 5.75 Å². The Morgan fingerprint density at radius 2 is 1.86 bits per heavy atom. The van der Waals surface area contributed by atoms with Gasteiger partial charge in [0.15, 0.2) is 5.75 Å². The van der Waals surface area contributed by atoms with Gasteiger partial charge in [-0.2, -0.15) is 0 Å². The number of hydrogen-bond donors (Lipinski definition) is 0. The first-order valence-corrected chi connectivity index (χ1v) is 8.77. The molecule has 0 aliphatic carbocycles. The zero-order valence-corrected chi connectivity index (χ0v) is 13.6. The predicted molar refractivity (Wildman–Crippen MR) is 82.9 cm³/mol. The van der Waals surface area contributed by atoms with E-state index in [1.807, 2.05) is 34.9 Å². The Kier molecular flexibility index (Phi) is 5.45. The summed E-state index contributed by atoms with van der Waals surface area (Å²) in [5.74, 6) is 0.532. The van der Waals surface area contributed by atoms with Crippen molar-refractivity contribution < 1.29 is 18.1 Å². The number of phosphoric acid groups is 1. The van der Waals surface area contributed by atoms with Crippen LogP contribution >= 0.6 is 7.82 Å². The van der Waals surface area contributed by atoms with Crippen LogP contribution in [0.1, 0.15) is 32.9 Å². The Morgan fingerprint density at radius 3 is 2.48 bits per heavy atom. The summed E-state index contributed by atoms with van der Waals surface area (Å²) in [5, 5.41) is 0. The van der Waals surface area contributed by atoms with E-state index < -0.39 is 7.82 Å². The van der Waals surface area contributed by atoms with Crippen molar-refractivity contribution in [3.05, 3.63) is 36.2 Å². The molecular formula is C15H22NO4P. The summed E-state index contributed by atoms with van der Waals surface area (Å²) in [4.78, 5) is 0. The molecule has 0 N–H and O–H groups in total. The molecule has 2 aromatic rings. The smallest absolute Gasteiger partial charge is 0.402 e. The Labute approximate surface area is 125 Å². The molecule has 0 aromatic carbocycles. The highest BCUT2D eigenvalue weighted by atomic mass is 31.2. The van der Waals surface area contributed by atoms with E-state index >= 15 is 0 Å². The first-order valence-electron chi connectivity index (χ1n) is 7.31. The summed E-state index contributed by atoms with van der Waals surface area (Å²) < 4.78 is 30.6. The van der Waals surface area contributed by atoms with Gasteiger partial charge in [-0.1, -0.05) is 19.4 Å². The maximum Gasteiger partial charge on any atom is 0.530 e. The molecule has 0 fully saturated rings. The first-order chi connectivity index (χ1) is 10.1. The van der Waals surface area contributed by atoms with Crippen LogP contribution in [0.2, 0.25) is 0 Å². The maximum atomic E-state index is 12.5. The van der Waals surface area contributed by atoms with Gasteiger partial charge >= 0.3 is 7.82 Å². The molecule has 0 aliphatic heterocycles.